The lowest BCUT2D eigenvalue weighted by molar-refractivity contribution is 0.0965. The van der Waals surface area contributed by atoms with Crippen molar-refractivity contribution in [3.05, 3.63) is 34.9 Å². The van der Waals surface area contributed by atoms with Crippen molar-refractivity contribution in [2.24, 2.45) is 11.7 Å². The van der Waals surface area contributed by atoms with Gasteiger partial charge < -0.3 is 5.73 Å². The van der Waals surface area contributed by atoms with Gasteiger partial charge in [-0.2, -0.15) is 0 Å². The van der Waals surface area contributed by atoms with Gasteiger partial charge in [0, 0.05) is 6.42 Å². The summed E-state index contributed by atoms with van der Waals surface area (Å²) in [6, 6.07) is 2.47. The van der Waals surface area contributed by atoms with E-state index in [9.17, 15) is 13.6 Å². The Labute approximate surface area is 106 Å². The summed E-state index contributed by atoms with van der Waals surface area (Å²) < 4.78 is 27.2. The maximum absolute atomic E-state index is 13.7. The van der Waals surface area contributed by atoms with Gasteiger partial charge in [-0.3, -0.25) is 4.79 Å². The molecule has 0 saturated heterocycles. The molecule has 0 saturated carbocycles. The molecule has 18 heavy (non-hydrogen) atoms. The Morgan fingerprint density at radius 2 is 2.00 bits per heavy atom. The van der Waals surface area contributed by atoms with Gasteiger partial charge in [0.05, 0.1) is 5.56 Å². The second-order valence-corrected chi connectivity index (χ2v) is 4.70. The molecule has 1 aromatic carbocycles. The Hall–Kier alpha value is -1.29. The number of hydrogen-bond acceptors (Lipinski definition) is 2. The van der Waals surface area contributed by atoms with Crippen molar-refractivity contribution in [2.75, 3.05) is 6.54 Å². The van der Waals surface area contributed by atoms with Crippen LogP contribution in [0, 0.1) is 24.5 Å². The molecular weight excluding hydrogens is 236 g/mol. The zero-order chi connectivity index (χ0) is 13.7. The number of carbonyl (C=O) groups is 1. The molecule has 100 valence electrons. The zero-order valence-electron chi connectivity index (χ0n) is 10.8. The van der Waals surface area contributed by atoms with Crippen molar-refractivity contribution in [1.82, 2.24) is 0 Å². The molecule has 0 spiro atoms. The van der Waals surface area contributed by atoms with Crippen LogP contribution in [0.5, 0.6) is 0 Å². The summed E-state index contributed by atoms with van der Waals surface area (Å²) in [6.45, 7) is 4.05. The normalized spacial score (nSPS) is 12.5. The molecule has 0 fully saturated rings. The van der Waals surface area contributed by atoms with Crippen molar-refractivity contribution in [2.45, 2.75) is 33.1 Å². The molecule has 0 aliphatic rings. The van der Waals surface area contributed by atoms with E-state index in [1.165, 1.54) is 13.0 Å². The number of Topliss-reactive ketones (excluding diaryl/α,β-unsaturated/α-hetero) is 1. The van der Waals surface area contributed by atoms with Crippen molar-refractivity contribution < 1.29 is 13.6 Å². The fraction of sp³-hybridized carbons (Fsp3) is 0.500. The van der Waals surface area contributed by atoms with Gasteiger partial charge >= 0.3 is 0 Å². The number of rotatable bonds is 6. The summed E-state index contributed by atoms with van der Waals surface area (Å²) in [5, 5.41) is 0. The predicted molar refractivity (Wildman–Crippen MR) is 67.5 cm³/mol. The highest BCUT2D eigenvalue weighted by atomic mass is 19.1. The highest BCUT2D eigenvalue weighted by Crippen LogP contribution is 2.20. The molecule has 0 bridgehead atoms. The molecule has 2 N–H and O–H groups in total. The van der Waals surface area contributed by atoms with Crippen molar-refractivity contribution >= 4 is 5.78 Å². The SMILES string of the molecule is Cc1ccc(F)c(C(=O)CCC(C)CCN)c1F. The van der Waals surface area contributed by atoms with Gasteiger partial charge in [0.1, 0.15) is 11.6 Å². The monoisotopic (exact) mass is 255 g/mol. The molecule has 0 aliphatic heterocycles. The molecule has 0 amide bonds. The van der Waals surface area contributed by atoms with E-state index in [-0.39, 0.29) is 17.9 Å². The lowest BCUT2D eigenvalue weighted by atomic mass is 9.96. The molecule has 0 aliphatic carbocycles. The van der Waals surface area contributed by atoms with Crippen molar-refractivity contribution in [3.63, 3.8) is 0 Å². The maximum Gasteiger partial charge on any atom is 0.168 e. The standard InChI is InChI=1S/C14H19F2NO/c1-9(7-8-17)3-6-12(18)13-11(15)5-4-10(2)14(13)16/h4-5,9H,3,6-8,17H2,1-2H3. The predicted octanol–water partition coefficient (Wildman–Crippen LogP) is 3.22. The van der Waals surface area contributed by atoms with Crippen LogP contribution in [0.4, 0.5) is 8.78 Å². The second kappa shape index (κ2) is 6.59. The van der Waals surface area contributed by atoms with Gasteiger partial charge in [-0.15, -0.1) is 0 Å². The largest absolute Gasteiger partial charge is 0.330 e. The van der Waals surface area contributed by atoms with Gasteiger partial charge in [0.2, 0.25) is 0 Å². The van der Waals surface area contributed by atoms with Gasteiger partial charge in [0.25, 0.3) is 0 Å². The van der Waals surface area contributed by atoms with Gasteiger partial charge in [0.15, 0.2) is 5.78 Å². The lowest BCUT2D eigenvalue weighted by Crippen LogP contribution is -2.11. The first-order valence-corrected chi connectivity index (χ1v) is 6.15. The first-order valence-electron chi connectivity index (χ1n) is 6.15. The topological polar surface area (TPSA) is 43.1 Å². The van der Waals surface area contributed by atoms with Crippen molar-refractivity contribution in [3.8, 4) is 0 Å². The average molecular weight is 255 g/mol. The number of ketones is 1. The van der Waals surface area contributed by atoms with Gasteiger partial charge in [-0.25, -0.2) is 8.78 Å². The summed E-state index contributed by atoms with van der Waals surface area (Å²) in [5.41, 5.74) is 5.29. The summed E-state index contributed by atoms with van der Waals surface area (Å²) in [5.74, 6) is -1.71. The minimum atomic E-state index is -0.783. The maximum atomic E-state index is 13.7. The Kier molecular flexibility index (Phi) is 5.41. The molecule has 1 rings (SSSR count). The van der Waals surface area contributed by atoms with Crippen LogP contribution in [0.1, 0.15) is 42.1 Å². The number of halogens is 2. The third kappa shape index (κ3) is 3.60. The van der Waals surface area contributed by atoms with Crippen LogP contribution in [0.25, 0.3) is 0 Å². The number of nitrogens with two attached hydrogens (primary N) is 1. The Morgan fingerprint density at radius 1 is 1.33 bits per heavy atom. The summed E-state index contributed by atoms with van der Waals surface area (Å²) in [4.78, 5) is 11.8. The van der Waals surface area contributed by atoms with E-state index in [4.69, 9.17) is 5.73 Å². The number of benzene rings is 1. The molecule has 1 atom stereocenters. The molecule has 1 aromatic rings. The molecule has 4 heteroatoms. The van der Waals surface area contributed by atoms with Crippen LogP contribution < -0.4 is 5.73 Å². The van der Waals surface area contributed by atoms with Crippen LogP contribution in [0.2, 0.25) is 0 Å². The van der Waals surface area contributed by atoms with Crippen LogP contribution in [0.3, 0.4) is 0 Å². The zero-order valence-corrected chi connectivity index (χ0v) is 10.8. The fourth-order valence-corrected chi connectivity index (χ4v) is 1.84. The van der Waals surface area contributed by atoms with Crippen LogP contribution in [-0.2, 0) is 0 Å². The first kappa shape index (κ1) is 14.8. The van der Waals surface area contributed by atoms with E-state index in [0.29, 0.717) is 13.0 Å². The lowest BCUT2D eigenvalue weighted by Gasteiger charge is -2.10. The highest BCUT2D eigenvalue weighted by Gasteiger charge is 2.19. The smallest absolute Gasteiger partial charge is 0.168 e. The number of hydrogen-bond donors (Lipinski definition) is 1. The van der Waals surface area contributed by atoms with E-state index in [2.05, 4.69) is 0 Å². The Morgan fingerprint density at radius 3 is 2.61 bits per heavy atom. The Bertz CT molecular complexity index is 432. The molecule has 0 heterocycles. The minimum Gasteiger partial charge on any atom is -0.330 e. The third-order valence-electron chi connectivity index (χ3n) is 3.09. The fourth-order valence-electron chi connectivity index (χ4n) is 1.84. The molecular formula is C14H19F2NO. The van der Waals surface area contributed by atoms with E-state index >= 15 is 0 Å². The Balaban J connectivity index is 2.76. The van der Waals surface area contributed by atoms with E-state index in [0.717, 1.165) is 12.5 Å². The highest BCUT2D eigenvalue weighted by molar-refractivity contribution is 5.96. The van der Waals surface area contributed by atoms with Crippen LogP contribution in [-0.4, -0.2) is 12.3 Å². The number of carbonyl (C=O) groups excluding carboxylic acids is 1. The molecule has 2 nitrogen and oxygen atoms in total. The molecule has 0 aromatic heterocycles. The molecule has 0 radical (unpaired) electrons. The quantitative estimate of drug-likeness (QED) is 0.793. The van der Waals surface area contributed by atoms with Gasteiger partial charge in [-0.1, -0.05) is 13.0 Å². The minimum absolute atomic E-state index is 0.151. The van der Waals surface area contributed by atoms with Crippen LogP contribution in [0.15, 0.2) is 12.1 Å². The summed E-state index contributed by atoms with van der Waals surface area (Å²) in [7, 11) is 0. The average Bonchev–Trinajstić information content (AvgIpc) is 2.32. The number of aryl methyl sites for hydroxylation is 1. The third-order valence-corrected chi connectivity index (χ3v) is 3.09. The summed E-state index contributed by atoms with van der Waals surface area (Å²) in [6.07, 6.45) is 1.56. The second-order valence-electron chi connectivity index (χ2n) is 4.70. The van der Waals surface area contributed by atoms with E-state index < -0.39 is 23.0 Å². The van der Waals surface area contributed by atoms with E-state index in [1.807, 2.05) is 6.92 Å². The van der Waals surface area contributed by atoms with Crippen molar-refractivity contribution in [1.29, 1.82) is 0 Å². The van der Waals surface area contributed by atoms with E-state index in [1.54, 1.807) is 0 Å². The molecule has 1 unspecified atom stereocenters. The van der Waals surface area contributed by atoms with Crippen LogP contribution >= 0.6 is 0 Å². The summed E-state index contributed by atoms with van der Waals surface area (Å²) >= 11 is 0. The first-order chi connectivity index (χ1) is 8.47. The van der Waals surface area contributed by atoms with Gasteiger partial charge in [-0.05, 0) is 43.9 Å².